The van der Waals surface area contributed by atoms with Gasteiger partial charge < -0.3 is 19.3 Å². The smallest absolute Gasteiger partial charge is 0.332 e. The van der Waals surface area contributed by atoms with E-state index in [0.29, 0.717) is 26.2 Å². The Morgan fingerprint density at radius 3 is 2.86 bits per heavy atom. The Morgan fingerprint density at radius 1 is 1.50 bits per heavy atom. The topological polar surface area (TPSA) is 65.0 Å². The first kappa shape index (κ1) is 11.4. The van der Waals surface area contributed by atoms with Gasteiger partial charge in [0.25, 0.3) is 0 Å². The number of methoxy groups -OCH3 is 1. The highest BCUT2D eigenvalue weighted by molar-refractivity contribution is 5.72. The highest BCUT2D eigenvalue weighted by Gasteiger charge is 2.30. The first-order chi connectivity index (χ1) is 6.74. The predicted octanol–water partition coefficient (Wildman–Crippen LogP) is 0.282. The van der Waals surface area contributed by atoms with E-state index in [1.54, 1.807) is 7.11 Å². The van der Waals surface area contributed by atoms with Crippen LogP contribution >= 0.6 is 0 Å². The highest BCUT2D eigenvalue weighted by Crippen LogP contribution is 2.19. The first-order valence-electron chi connectivity index (χ1n) is 4.69. The largest absolute Gasteiger partial charge is 0.479 e. The number of ether oxygens (including phenoxy) is 3. The number of carboxylic acid groups (broad SMARTS) is 1. The molecule has 0 aromatic carbocycles. The molecule has 0 saturated carbocycles. The molecule has 0 spiro atoms. The molecule has 2 atom stereocenters. The fourth-order valence-electron chi connectivity index (χ4n) is 1.37. The fraction of sp³-hybridized carbons (Fsp3) is 0.889. The molecule has 5 heteroatoms. The maximum atomic E-state index is 10.5. The highest BCUT2D eigenvalue weighted by atomic mass is 16.6. The van der Waals surface area contributed by atoms with E-state index in [2.05, 4.69) is 0 Å². The summed E-state index contributed by atoms with van der Waals surface area (Å²) in [5.74, 6) is -0.885. The van der Waals surface area contributed by atoms with Crippen LogP contribution in [0, 0.1) is 0 Å². The van der Waals surface area contributed by atoms with Crippen molar-refractivity contribution in [3.8, 4) is 0 Å². The molecule has 0 aromatic heterocycles. The summed E-state index contributed by atoms with van der Waals surface area (Å²) >= 11 is 0. The van der Waals surface area contributed by atoms with Gasteiger partial charge in [0.15, 0.2) is 6.10 Å². The summed E-state index contributed by atoms with van der Waals surface area (Å²) < 4.78 is 15.3. The van der Waals surface area contributed by atoms with Crippen molar-refractivity contribution in [2.24, 2.45) is 0 Å². The molecular weight excluding hydrogens is 188 g/mol. The summed E-state index contributed by atoms with van der Waals surface area (Å²) in [7, 11) is 1.61. The third-order valence-corrected chi connectivity index (χ3v) is 2.12. The van der Waals surface area contributed by atoms with Crippen LogP contribution in [0.4, 0.5) is 0 Å². The van der Waals surface area contributed by atoms with Crippen LogP contribution in [-0.2, 0) is 19.0 Å². The van der Waals surface area contributed by atoms with Gasteiger partial charge in [-0.3, -0.25) is 0 Å². The molecule has 1 N–H and O–H groups in total. The zero-order valence-electron chi connectivity index (χ0n) is 8.27. The van der Waals surface area contributed by atoms with Gasteiger partial charge in [0.1, 0.15) is 0 Å². The molecule has 2 unspecified atom stereocenters. The van der Waals surface area contributed by atoms with Gasteiger partial charge in [0.2, 0.25) is 0 Å². The Morgan fingerprint density at radius 2 is 2.29 bits per heavy atom. The molecule has 0 aromatic rings. The van der Waals surface area contributed by atoms with E-state index in [9.17, 15) is 4.79 Å². The molecule has 0 amide bonds. The lowest BCUT2D eigenvalue weighted by atomic mass is 10.2. The zero-order valence-corrected chi connectivity index (χ0v) is 8.27. The fourth-order valence-corrected chi connectivity index (χ4v) is 1.37. The molecule has 82 valence electrons. The molecule has 1 saturated heterocycles. The van der Waals surface area contributed by atoms with Crippen molar-refractivity contribution in [3.63, 3.8) is 0 Å². The van der Waals surface area contributed by atoms with E-state index in [-0.39, 0.29) is 6.10 Å². The lowest BCUT2D eigenvalue weighted by molar-refractivity contribution is -0.150. The van der Waals surface area contributed by atoms with Crippen LogP contribution in [0.3, 0.4) is 0 Å². The third kappa shape index (κ3) is 3.61. The molecule has 0 bridgehead atoms. The van der Waals surface area contributed by atoms with E-state index >= 15 is 0 Å². The van der Waals surface area contributed by atoms with Gasteiger partial charge in [0, 0.05) is 7.11 Å². The molecule has 1 fully saturated rings. The summed E-state index contributed by atoms with van der Waals surface area (Å²) in [6.07, 6.45) is 0.608. The Bertz CT molecular complexity index is 182. The van der Waals surface area contributed by atoms with Gasteiger partial charge in [-0.25, -0.2) is 4.79 Å². The maximum Gasteiger partial charge on any atom is 0.332 e. The Kier molecular flexibility index (Phi) is 4.86. The van der Waals surface area contributed by atoms with Gasteiger partial charge >= 0.3 is 5.97 Å². The average Bonchev–Trinajstić information content (AvgIpc) is 2.61. The summed E-state index contributed by atoms with van der Waals surface area (Å²) in [5.41, 5.74) is 0. The molecule has 1 rings (SSSR count). The Labute approximate surface area is 82.9 Å². The second-order valence-corrected chi connectivity index (χ2v) is 3.23. The van der Waals surface area contributed by atoms with Crippen molar-refractivity contribution >= 4 is 5.97 Å². The van der Waals surface area contributed by atoms with Crippen LogP contribution in [0.25, 0.3) is 0 Å². The molecular formula is C9H16O5. The van der Waals surface area contributed by atoms with E-state index < -0.39 is 12.1 Å². The van der Waals surface area contributed by atoms with Gasteiger partial charge in [-0.1, -0.05) is 0 Å². The van der Waals surface area contributed by atoms with Crippen molar-refractivity contribution in [2.45, 2.75) is 25.0 Å². The van der Waals surface area contributed by atoms with Crippen molar-refractivity contribution < 1.29 is 24.1 Å². The number of hydrogen-bond acceptors (Lipinski definition) is 4. The van der Waals surface area contributed by atoms with Crippen LogP contribution in [0.15, 0.2) is 0 Å². The third-order valence-electron chi connectivity index (χ3n) is 2.12. The minimum Gasteiger partial charge on any atom is -0.479 e. The number of hydrogen-bond donors (Lipinski definition) is 1. The molecule has 0 aliphatic carbocycles. The van der Waals surface area contributed by atoms with Crippen molar-refractivity contribution in [1.29, 1.82) is 0 Å². The van der Waals surface area contributed by atoms with Crippen LogP contribution in [0.2, 0.25) is 0 Å². The summed E-state index contributed by atoms with van der Waals surface area (Å²) in [4.78, 5) is 10.5. The monoisotopic (exact) mass is 204 g/mol. The van der Waals surface area contributed by atoms with E-state index in [4.69, 9.17) is 19.3 Å². The molecule has 1 aliphatic heterocycles. The number of carboxylic acids is 1. The quantitative estimate of drug-likeness (QED) is 0.629. The summed E-state index contributed by atoms with van der Waals surface area (Å²) in [6.45, 7) is 1.52. The van der Waals surface area contributed by atoms with E-state index in [0.717, 1.165) is 6.42 Å². The second-order valence-electron chi connectivity index (χ2n) is 3.23. The minimum atomic E-state index is -0.885. The van der Waals surface area contributed by atoms with Gasteiger partial charge in [-0.2, -0.15) is 0 Å². The standard InChI is InChI=1S/C9H16O5/c1-12-4-5-13-6-7-2-3-8(14-7)9(10)11/h7-8H,2-6H2,1H3,(H,10,11). The van der Waals surface area contributed by atoms with E-state index in [1.807, 2.05) is 0 Å². The summed E-state index contributed by atoms with van der Waals surface area (Å²) in [5, 5.41) is 8.65. The second kappa shape index (κ2) is 5.95. The van der Waals surface area contributed by atoms with Crippen molar-refractivity contribution in [2.75, 3.05) is 26.9 Å². The van der Waals surface area contributed by atoms with Crippen LogP contribution < -0.4 is 0 Å². The van der Waals surface area contributed by atoms with Gasteiger partial charge in [-0.15, -0.1) is 0 Å². The normalized spacial score (nSPS) is 26.6. The van der Waals surface area contributed by atoms with Crippen molar-refractivity contribution in [1.82, 2.24) is 0 Å². The van der Waals surface area contributed by atoms with Gasteiger partial charge in [0.05, 0.1) is 25.9 Å². The van der Waals surface area contributed by atoms with Crippen LogP contribution in [0.5, 0.6) is 0 Å². The molecule has 5 nitrogen and oxygen atoms in total. The molecule has 0 radical (unpaired) electrons. The lowest BCUT2D eigenvalue weighted by Crippen LogP contribution is -2.23. The lowest BCUT2D eigenvalue weighted by Gasteiger charge is -2.11. The number of aliphatic carboxylic acids is 1. The average molecular weight is 204 g/mol. The Balaban J connectivity index is 2.07. The first-order valence-corrected chi connectivity index (χ1v) is 4.69. The Hall–Kier alpha value is -0.650. The van der Waals surface area contributed by atoms with Crippen LogP contribution in [0.1, 0.15) is 12.8 Å². The summed E-state index contributed by atoms with van der Waals surface area (Å²) in [6, 6.07) is 0. The molecule has 1 aliphatic rings. The number of carbonyl (C=O) groups is 1. The maximum absolute atomic E-state index is 10.5. The minimum absolute atomic E-state index is 0.0760. The SMILES string of the molecule is COCCOCC1CCC(C(=O)O)O1. The van der Waals surface area contributed by atoms with Crippen molar-refractivity contribution in [3.05, 3.63) is 0 Å². The predicted molar refractivity (Wildman–Crippen MR) is 48.2 cm³/mol. The molecule has 1 heterocycles. The van der Waals surface area contributed by atoms with Crippen LogP contribution in [-0.4, -0.2) is 50.2 Å². The van der Waals surface area contributed by atoms with E-state index in [1.165, 1.54) is 0 Å². The number of rotatable bonds is 6. The zero-order chi connectivity index (χ0) is 10.4. The van der Waals surface area contributed by atoms with Gasteiger partial charge in [-0.05, 0) is 12.8 Å². The molecule has 14 heavy (non-hydrogen) atoms.